The molecule has 0 spiro atoms. The Labute approximate surface area is 121 Å². The number of carbonyl (C=O) groups excluding carboxylic acids is 1. The normalized spacial score (nSPS) is 13.6. The summed E-state index contributed by atoms with van der Waals surface area (Å²) in [7, 11) is 0. The van der Waals surface area contributed by atoms with Crippen LogP contribution in [0, 0.1) is 0 Å². The fourth-order valence-corrected chi connectivity index (χ4v) is 2.06. The molecule has 0 aliphatic heterocycles. The summed E-state index contributed by atoms with van der Waals surface area (Å²) in [5.74, 6) is -1.94. The van der Waals surface area contributed by atoms with Gasteiger partial charge in [-0.3, -0.25) is 4.79 Å². The zero-order chi connectivity index (χ0) is 15.6. The number of carboxylic acids is 1. The molecule has 1 amide bonds. The molecule has 6 nitrogen and oxygen atoms in total. The maximum Gasteiger partial charge on any atom is 0.328 e. The highest BCUT2D eigenvalue weighted by molar-refractivity contribution is 6.05. The van der Waals surface area contributed by atoms with E-state index in [0.717, 1.165) is 10.8 Å². The molecule has 110 valence electrons. The van der Waals surface area contributed by atoms with Crippen molar-refractivity contribution < 1.29 is 19.8 Å². The van der Waals surface area contributed by atoms with E-state index in [-0.39, 0.29) is 11.3 Å². The first kappa shape index (κ1) is 14.8. The largest absolute Gasteiger partial charge is 0.480 e. The first-order valence-corrected chi connectivity index (χ1v) is 6.40. The van der Waals surface area contributed by atoms with Crippen molar-refractivity contribution in [3.05, 3.63) is 42.0 Å². The molecule has 2 rings (SSSR count). The van der Waals surface area contributed by atoms with Crippen LogP contribution in [0.15, 0.2) is 36.4 Å². The van der Waals surface area contributed by atoms with Gasteiger partial charge in [0, 0.05) is 5.69 Å². The van der Waals surface area contributed by atoms with E-state index in [1.807, 2.05) is 24.3 Å². The third kappa shape index (κ3) is 3.11. The summed E-state index contributed by atoms with van der Waals surface area (Å²) in [6, 6.07) is 9.25. The number of aliphatic hydroxyl groups excluding tert-OH is 1. The zero-order valence-electron chi connectivity index (χ0n) is 11.4. The molecular weight excluding hydrogens is 272 g/mol. The van der Waals surface area contributed by atoms with Crippen molar-refractivity contribution >= 4 is 28.3 Å². The average Bonchev–Trinajstić information content (AvgIpc) is 2.43. The summed E-state index contributed by atoms with van der Waals surface area (Å²) >= 11 is 0. The number of aliphatic carboxylic acids is 1. The van der Waals surface area contributed by atoms with Crippen LogP contribution in [0.2, 0.25) is 0 Å². The molecule has 2 aromatic rings. The Morgan fingerprint density at radius 3 is 2.29 bits per heavy atom. The van der Waals surface area contributed by atoms with Gasteiger partial charge in [-0.05, 0) is 29.8 Å². The SMILES string of the molecule is C[C@@H](O)[C@H](NC(=O)c1cc2ccccc2cc1N)C(=O)O. The number of hydrogen-bond acceptors (Lipinski definition) is 4. The molecule has 2 aromatic carbocycles. The Morgan fingerprint density at radius 2 is 1.76 bits per heavy atom. The number of aliphatic hydroxyl groups is 1. The monoisotopic (exact) mass is 288 g/mol. The van der Waals surface area contributed by atoms with Crippen LogP contribution < -0.4 is 11.1 Å². The van der Waals surface area contributed by atoms with Crippen molar-refractivity contribution in [1.82, 2.24) is 5.32 Å². The standard InChI is InChI=1S/C15H16N2O4/c1-8(18)13(15(20)21)17-14(19)11-6-9-4-2-3-5-10(9)7-12(11)16/h2-8,13,18H,16H2,1H3,(H,17,19)(H,20,21)/t8-,13+/m1/s1. The van der Waals surface area contributed by atoms with Gasteiger partial charge >= 0.3 is 5.97 Å². The average molecular weight is 288 g/mol. The minimum Gasteiger partial charge on any atom is -0.480 e. The molecule has 0 fully saturated rings. The Bertz CT molecular complexity index is 697. The second-order valence-electron chi connectivity index (χ2n) is 4.82. The summed E-state index contributed by atoms with van der Waals surface area (Å²) in [5, 5.41) is 22.3. The maximum atomic E-state index is 12.2. The van der Waals surface area contributed by atoms with Gasteiger partial charge in [0.1, 0.15) is 0 Å². The van der Waals surface area contributed by atoms with E-state index in [4.69, 9.17) is 10.8 Å². The number of hydrogen-bond donors (Lipinski definition) is 4. The van der Waals surface area contributed by atoms with Crippen molar-refractivity contribution in [2.45, 2.75) is 19.1 Å². The molecule has 0 saturated carbocycles. The molecule has 21 heavy (non-hydrogen) atoms. The van der Waals surface area contributed by atoms with E-state index >= 15 is 0 Å². The second kappa shape index (κ2) is 5.80. The Kier molecular flexibility index (Phi) is 4.09. The molecule has 0 aliphatic rings. The van der Waals surface area contributed by atoms with Crippen LogP contribution in [0.5, 0.6) is 0 Å². The van der Waals surface area contributed by atoms with E-state index in [9.17, 15) is 14.7 Å². The van der Waals surface area contributed by atoms with Crippen molar-refractivity contribution in [2.75, 3.05) is 5.73 Å². The lowest BCUT2D eigenvalue weighted by Gasteiger charge is -2.17. The molecule has 2 atom stereocenters. The van der Waals surface area contributed by atoms with Crippen LogP contribution >= 0.6 is 0 Å². The number of carbonyl (C=O) groups is 2. The second-order valence-corrected chi connectivity index (χ2v) is 4.82. The fraction of sp³-hybridized carbons (Fsp3) is 0.200. The molecule has 0 saturated heterocycles. The summed E-state index contributed by atoms with van der Waals surface area (Å²) in [6.45, 7) is 1.29. The first-order valence-electron chi connectivity index (χ1n) is 6.40. The molecule has 6 heteroatoms. The van der Waals surface area contributed by atoms with Gasteiger partial charge in [-0.1, -0.05) is 24.3 Å². The van der Waals surface area contributed by atoms with Crippen LogP contribution in [0.3, 0.4) is 0 Å². The predicted molar refractivity (Wildman–Crippen MR) is 78.9 cm³/mol. The van der Waals surface area contributed by atoms with Crippen LogP contribution in [-0.4, -0.2) is 34.2 Å². The van der Waals surface area contributed by atoms with Crippen molar-refractivity contribution in [3.63, 3.8) is 0 Å². The van der Waals surface area contributed by atoms with Gasteiger partial charge in [-0.25, -0.2) is 4.79 Å². The lowest BCUT2D eigenvalue weighted by atomic mass is 10.0. The van der Waals surface area contributed by atoms with Crippen LogP contribution in [-0.2, 0) is 4.79 Å². The minimum atomic E-state index is -1.39. The number of anilines is 1. The van der Waals surface area contributed by atoms with E-state index in [2.05, 4.69) is 5.32 Å². The number of fused-ring (bicyclic) bond motifs is 1. The van der Waals surface area contributed by atoms with E-state index in [0.29, 0.717) is 0 Å². The molecule has 0 aromatic heterocycles. The van der Waals surface area contributed by atoms with Gasteiger partial charge in [-0.15, -0.1) is 0 Å². The van der Waals surface area contributed by atoms with Gasteiger partial charge in [0.2, 0.25) is 0 Å². The summed E-state index contributed by atoms with van der Waals surface area (Å²) in [6.07, 6.45) is -1.21. The zero-order valence-corrected chi connectivity index (χ0v) is 11.4. The van der Waals surface area contributed by atoms with Crippen LogP contribution in [0.1, 0.15) is 17.3 Å². The van der Waals surface area contributed by atoms with E-state index in [1.54, 1.807) is 12.1 Å². The molecule has 0 bridgehead atoms. The Balaban J connectivity index is 2.34. The maximum absolute atomic E-state index is 12.2. The van der Waals surface area contributed by atoms with Crippen molar-refractivity contribution in [3.8, 4) is 0 Å². The molecule has 0 heterocycles. The first-order chi connectivity index (χ1) is 9.90. The summed E-state index contributed by atoms with van der Waals surface area (Å²) < 4.78 is 0. The smallest absolute Gasteiger partial charge is 0.328 e. The fourth-order valence-electron chi connectivity index (χ4n) is 2.06. The molecular formula is C15H16N2O4. The molecule has 5 N–H and O–H groups in total. The van der Waals surface area contributed by atoms with Crippen LogP contribution in [0.4, 0.5) is 5.69 Å². The Hall–Kier alpha value is -2.60. The van der Waals surface area contributed by atoms with E-state index < -0.39 is 24.0 Å². The minimum absolute atomic E-state index is 0.181. The molecule has 0 unspecified atom stereocenters. The number of nitrogen functional groups attached to an aromatic ring is 1. The topological polar surface area (TPSA) is 113 Å². The number of nitrogens with one attached hydrogen (secondary N) is 1. The number of carboxylic acid groups (broad SMARTS) is 1. The predicted octanol–water partition coefficient (Wildman–Crippen LogP) is 0.986. The third-order valence-corrected chi connectivity index (χ3v) is 3.20. The lowest BCUT2D eigenvalue weighted by Crippen LogP contribution is -2.47. The number of amides is 1. The van der Waals surface area contributed by atoms with Gasteiger partial charge in [-0.2, -0.15) is 0 Å². The highest BCUT2D eigenvalue weighted by Crippen LogP contribution is 2.22. The summed E-state index contributed by atoms with van der Waals surface area (Å²) in [5.41, 5.74) is 6.28. The highest BCUT2D eigenvalue weighted by Gasteiger charge is 2.26. The highest BCUT2D eigenvalue weighted by atomic mass is 16.4. The number of nitrogens with two attached hydrogens (primary N) is 1. The van der Waals surface area contributed by atoms with Gasteiger partial charge in [0.15, 0.2) is 6.04 Å². The quantitative estimate of drug-likeness (QED) is 0.627. The van der Waals surface area contributed by atoms with Gasteiger partial charge in [0.05, 0.1) is 11.7 Å². The summed E-state index contributed by atoms with van der Waals surface area (Å²) in [4.78, 5) is 23.2. The van der Waals surface area contributed by atoms with Gasteiger partial charge in [0.25, 0.3) is 5.91 Å². The molecule has 0 radical (unpaired) electrons. The Morgan fingerprint density at radius 1 is 1.19 bits per heavy atom. The van der Waals surface area contributed by atoms with Crippen molar-refractivity contribution in [1.29, 1.82) is 0 Å². The number of rotatable bonds is 4. The van der Waals surface area contributed by atoms with E-state index in [1.165, 1.54) is 6.92 Å². The molecule has 0 aliphatic carbocycles. The number of benzene rings is 2. The lowest BCUT2D eigenvalue weighted by molar-refractivity contribution is -0.141. The van der Waals surface area contributed by atoms with Gasteiger partial charge < -0.3 is 21.3 Å². The third-order valence-electron chi connectivity index (χ3n) is 3.20. The van der Waals surface area contributed by atoms with Crippen molar-refractivity contribution in [2.24, 2.45) is 0 Å². The van der Waals surface area contributed by atoms with Crippen LogP contribution in [0.25, 0.3) is 10.8 Å².